The molecule has 21 heteroatoms. The highest BCUT2D eigenvalue weighted by molar-refractivity contribution is 7.53. The van der Waals surface area contributed by atoms with Crippen molar-refractivity contribution in [3.63, 3.8) is 0 Å². The van der Waals surface area contributed by atoms with Crippen molar-refractivity contribution in [1.29, 1.82) is 0 Å². The number of nitrogens with two attached hydrogens (primary N) is 2. The van der Waals surface area contributed by atoms with Crippen LogP contribution in [0.15, 0.2) is 23.8 Å². The fourth-order valence-corrected chi connectivity index (χ4v) is 6.78. The number of halogens is 2. The van der Waals surface area contributed by atoms with E-state index in [-0.39, 0.29) is 40.5 Å². The lowest BCUT2D eigenvalue weighted by Gasteiger charge is -2.26. The van der Waals surface area contributed by atoms with Gasteiger partial charge < -0.3 is 40.6 Å². The van der Waals surface area contributed by atoms with Gasteiger partial charge in [-0.25, -0.2) is 28.7 Å². The second-order valence-corrected chi connectivity index (χ2v) is 11.7. The predicted octanol–water partition coefficient (Wildman–Crippen LogP) is -1.09. The van der Waals surface area contributed by atoms with Crippen LogP contribution in [0.1, 0.15) is 18.9 Å². The normalized spacial score (nSPS) is 31.3. The first-order valence-electron chi connectivity index (χ1n) is 12.5. The Kier molecular flexibility index (Phi) is 7.16. The largest absolute Gasteiger partial charge is 0.396 e. The molecule has 1 unspecified atom stereocenters. The van der Waals surface area contributed by atoms with E-state index in [1.165, 1.54) is 10.9 Å². The molecule has 0 saturated carbocycles. The van der Waals surface area contributed by atoms with Crippen molar-refractivity contribution >= 4 is 41.7 Å². The molecule has 0 aromatic carbocycles. The molecular formula is C21H25F2N10O8P. The molecule has 18 nitrogen and oxygen atoms in total. The molecule has 0 spiro atoms. The van der Waals surface area contributed by atoms with E-state index < -0.39 is 75.1 Å². The van der Waals surface area contributed by atoms with Crippen molar-refractivity contribution in [2.24, 2.45) is 0 Å². The van der Waals surface area contributed by atoms with E-state index in [0.717, 1.165) is 17.2 Å². The molecule has 6 heterocycles. The quantitative estimate of drug-likeness (QED) is 0.129. The van der Waals surface area contributed by atoms with Gasteiger partial charge in [-0.3, -0.25) is 23.5 Å². The Morgan fingerprint density at radius 3 is 2.45 bits per heavy atom. The fourth-order valence-electron chi connectivity index (χ4n) is 5.15. The van der Waals surface area contributed by atoms with E-state index in [0.29, 0.717) is 0 Å². The minimum Gasteiger partial charge on any atom is -0.396 e. The highest BCUT2D eigenvalue weighted by Gasteiger charge is 2.57. The standard InChI is InChI=1S/C21H25F2N10O8P/c22-9-7(1-2-34)40-20(33-6-29-12-17(33)30-21(25)31-18(12)36)14(9)42(37,38)39-3-8-13(35)10(23)19(41-8)32-5-28-11-15(24)26-4-27-16(11)32/h4-10,13-14,19-20,34-35H,1-3H2,(H,37,38)(H2,24,26,27)(H3,25,30,31,36)/t7-,8-,9-,10+,13-,14-,19-,20-/m1/s1. The van der Waals surface area contributed by atoms with E-state index in [1.807, 2.05) is 0 Å². The Morgan fingerprint density at radius 2 is 1.71 bits per heavy atom. The first-order valence-corrected chi connectivity index (χ1v) is 14.2. The van der Waals surface area contributed by atoms with Crippen LogP contribution in [-0.4, -0.2) is 104 Å². The Balaban J connectivity index is 1.25. The zero-order valence-corrected chi connectivity index (χ0v) is 22.2. The summed E-state index contributed by atoms with van der Waals surface area (Å²) in [6.07, 6.45) is -8.70. The van der Waals surface area contributed by atoms with Gasteiger partial charge in [0.15, 0.2) is 41.3 Å². The summed E-state index contributed by atoms with van der Waals surface area (Å²) >= 11 is 0. The number of aliphatic hydroxyl groups is 2. The van der Waals surface area contributed by atoms with Crippen LogP contribution in [0.25, 0.3) is 22.3 Å². The van der Waals surface area contributed by atoms with Gasteiger partial charge >= 0.3 is 7.60 Å². The minimum absolute atomic E-state index is 0.0376. The molecule has 0 aliphatic carbocycles. The summed E-state index contributed by atoms with van der Waals surface area (Å²) in [6, 6.07) is 0. The van der Waals surface area contributed by atoms with Crippen molar-refractivity contribution in [2.45, 2.75) is 55.2 Å². The number of rotatable bonds is 8. The van der Waals surface area contributed by atoms with E-state index in [1.54, 1.807) is 0 Å². The summed E-state index contributed by atoms with van der Waals surface area (Å²) < 4.78 is 63.1. The Hall–Kier alpha value is -3.65. The molecule has 4 aromatic heterocycles. The van der Waals surface area contributed by atoms with Gasteiger partial charge in [-0.1, -0.05) is 0 Å². The van der Waals surface area contributed by atoms with Gasteiger partial charge in [-0.2, -0.15) is 4.98 Å². The molecule has 2 saturated heterocycles. The predicted molar refractivity (Wildman–Crippen MR) is 137 cm³/mol. The van der Waals surface area contributed by atoms with Crippen LogP contribution in [0.2, 0.25) is 0 Å². The molecule has 0 radical (unpaired) electrons. The topological polar surface area (TPSA) is 265 Å². The monoisotopic (exact) mass is 614 g/mol. The Morgan fingerprint density at radius 1 is 1.02 bits per heavy atom. The van der Waals surface area contributed by atoms with Crippen molar-refractivity contribution in [3.8, 4) is 0 Å². The SMILES string of the molecule is Nc1nc2c(ncn2[C@@H]2O[C@H](CCO)[C@@H](F)[C@H]2P(=O)(O)OC[C@H]2O[C@@H](n3cnc4c(N)ncnc43)[C@@H](F)[C@@H]2O)c(=O)[nH]1. The highest BCUT2D eigenvalue weighted by atomic mass is 31.2. The molecule has 226 valence electrons. The average Bonchev–Trinajstić information content (AvgIpc) is 3.69. The Bertz CT molecular complexity index is 1740. The maximum atomic E-state index is 15.6. The number of fused-ring (bicyclic) bond motifs is 2. The first-order chi connectivity index (χ1) is 20.0. The molecule has 8 N–H and O–H groups in total. The lowest BCUT2D eigenvalue weighted by Crippen LogP contribution is -2.33. The zero-order chi connectivity index (χ0) is 29.9. The summed E-state index contributed by atoms with van der Waals surface area (Å²) in [5.41, 5.74) is 8.72. The lowest BCUT2D eigenvalue weighted by molar-refractivity contribution is -0.0438. The molecule has 4 aromatic rings. The zero-order valence-electron chi connectivity index (χ0n) is 21.3. The van der Waals surface area contributed by atoms with Gasteiger partial charge in [0.1, 0.15) is 35.9 Å². The number of nitrogens with zero attached hydrogens (tertiary/aromatic N) is 7. The molecule has 9 atom stereocenters. The molecule has 2 fully saturated rings. The fraction of sp³-hybridized carbons (Fsp3) is 0.524. The van der Waals surface area contributed by atoms with Crippen molar-refractivity contribution in [2.75, 3.05) is 24.7 Å². The summed E-state index contributed by atoms with van der Waals surface area (Å²) in [7, 11) is -5.03. The third-order valence-corrected chi connectivity index (χ3v) is 8.99. The number of imidazole rings is 2. The number of hydrogen-bond acceptors (Lipinski definition) is 14. The molecule has 0 bridgehead atoms. The van der Waals surface area contributed by atoms with Crippen LogP contribution in [0.5, 0.6) is 0 Å². The Labute approximate surface area is 232 Å². The van der Waals surface area contributed by atoms with Gasteiger partial charge in [0.2, 0.25) is 5.95 Å². The van der Waals surface area contributed by atoms with E-state index >= 15 is 8.78 Å². The molecular weight excluding hydrogens is 589 g/mol. The number of ether oxygens (including phenoxy) is 2. The average molecular weight is 614 g/mol. The van der Waals surface area contributed by atoms with Crippen LogP contribution in [-0.2, 0) is 18.6 Å². The lowest BCUT2D eigenvalue weighted by atomic mass is 10.1. The van der Waals surface area contributed by atoms with Crippen LogP contribution >= 0.6 is 7.60 Å². The summed E-state index contributed by atoms with van der Waals surface area (Å²) in [6.45, 7) is -1.33. The molecule has 2 aliphatic heterocycles. The second kappa shape index (κ2) is 10.6. The first kappa shape index (κ1) is 28.5. The van der Waals surface area contributed by atoms with Gasteiger partial charge in [0.25, 0.3) is 5.56 Å². The number of hydrogen-bond donors (Lipinski definition) is 6. The summed E-state index contributed by atoms with van der Waals surface area (Å²) in [4.78, 5) is 45.2. The number of anilines is 2. The minimum atomic E-state index is -5.03. The number of nitrogen functional groups attached to an aromatic ring is 2. The molecule has 2 aliphatic rings. The maximum Gasteiger partial charge on any atom is 0.338 e. The smallest absolute Gasteiger partial charge is 0.338 e. The summed E-state index contributed by atoms with van der Waals surface area (Å²) in [5, 5.41) is 19.9. The number of alkyl halides is 2. The number of aromatic nitrogens is 8. The van der Waals surface area contributed by atoms with Crippen LogP contribution in [0.3, 0.4) is 0 Å². The van der Waals surface area contributed by atoms with Crippen molar-refractivity contribution in [3.05, 3.63) is 29.3 Å². The number of aliphatic hydroxyl groups excluding tert-OH is 2. The van der Waals surface area contributed by atoms with Crippen molar-refractivity contribution in [1.82, 2.24) is 39.0 Å². The number of H-pyrrole nitrogens is 1. The van der Waals surface area contributed by atoms with Crippen molar-refractivity contribution < 1.29 is 42.4 Å². The van der Waals surface area contributed by atoms with Crippen LogP contribution < -0.4 is 17.0 Å². The third-order valence-electron chi connectivity index (χ3n) is 7.18. The van der Waals surface area contributed by atoms with Crippen LogP contribution in [0, 0.1) is 0 Å². The van der Waals surface area contributed by atoms with Crippen LogP contribution in [0.4, 0.5) is 20.5 Å². The molecule has 42 heavy (non-hydrogen) atoms. The number of nitrogens with one attached hydrogen (secondary N) is 1. The van der Waals surface area contributed by atoms with E-state index in [9.17, 15) is 24.5 Å². The molecule has 6 rings (SSSR count). The third kappa shape index (κ3) is 4.60. The number of aromatic amines is 1. The molecule has 0 amide bonds. The highest BCUT2D eigenvalue weighted by Crippen LogP contribution is 2.58. The van der Waals surface area contributed by atoms with E-state index in [2.05, 4.69) is 29.9 Å². The van der Waals surface area contributed by atoms with Gasteiger partial charge in [-0.05, 0) is 6.42 Å². The van der Waals surface area contributed by atoms with Gasteiger partial charge in [0.05, 0.1) is 25.4 Å². The maximum absolute atomic E-state index is 15.6. The van der Waals surface area contributed by atoms with E-state index in [4.69, 9.17) is 25.5 Å². The summed E-state index contributed by atoms with van der Waals surface area (Å²) in [5.74, 6) is -0.256. The van der Waals surface area contributed by atoms with Gasteiger partial charge in [-0.15, -0.1) is 0 Å². The second-order valence-electron chi connectivity index (χ2n) is 9.73. The van der Waals surface area contributed by atoms with Gasteiger partial charge in [0, 0.05) is 6.61 Å².